The highest BCUT2D eigenvalue weighted by molar-refractivity contribution is 7.13. The van der Waals surface area contributed by atoms with Crippen LogP contribution in [0.15, 0.2) is 23.7 Å². The Morgan fingerprint density at radius 3 is 2.45 bits per heavy atom. The van der Waals surface area contributed by atoms with E-state index in [2.05, 4.69) is 26.3 Å². The number of amides is 3. The first kappa shape index (κ1) is 23.5. The molecule has 0 aromatic carbocycles. The van der Waals surface area contributed by atoms with E-state index < -0.39 is 11.8 Å². The smallest absolute Gasteiger partial charge is 0.314 e. The van der Waals surface area contributed by atoms with E-state index in [0.29, 0.717) is 34.3 Å². The molecule has 1 fully saturated rings. The van der Waals surface area contributed by atoms with Crippen LogP contribution in [-0.2, 0) is 16.1 Å². The van der Waals surface area contributed by atoms with Gasteiger partial charge < -0.3 is 21.3 Å². The summed E-state index contributed by atoms with van der Waals surface area (Å²) in [7, 11) is 1.81. The number of rotatable bonds is 6. The Hall–Kier alpha value is -2.20. The van der Waals surface area contributed by atoms with Crippen molar-refractivity contribution in [1.82, 2.24) is 20.9 Å². The van der Waals surface area contributed by atoms with E-state index in [1.54, 1.807) is 6.07 Å². The van der Waals surface area contributed by atoms with Gasteiger partial charge in [0.1, 0.15) is 10.7 Å². The molecular formula is C20H23Cl2N5O3S. The second-order valence-corrected chi connectivity index (χ2v) is 8.89. The summed E-state index contributed by atoms with van der Waals surface area (Å²) >= 11 is 13.4. The molecule has 0 spiro atoms. The van der Waals surface area contributed by atoms with E-state index in [1.165, 1.54) is 23.6 Å². The van der Waals surface area contributed by atoms with Crippen molar-refractivity contribution in [2.45, 2.75) is 44.3 Å². The molecule has 0 radical (unpaired) electrons. The van der Waals surface area contributed by atoms with Crippen molar-refractivity contribution in [2.24, 2.45) is 0 Å². The number of carbonyl (C=O) groups is 3. The van der Waals surface area contributed by atoms with Crippen LogP contribution in [0.4, 0.5) is 5.82 Å². The molecule has 31 heavy (non-hydrogen) atoms. The summed E-state index contributed by atoms with van der Waals surface area (Å²) in [6, 6.07) is 2.42. The SMILES string of the molecule is CNCc1csc(C(=O)N[C@@H]2CCCC[C@@H]2NC(=O)C(=O)Nc2ccc(Cl)cn2)c1Cl. The summed E-state index contributed by atoms with van der Waals surface area (Å²) in [6.45, 7) is 0.572. The van der Waals surface area contributed by atoms with Crippen molar-refractivity contribution in [1.29, 1.82) is 0 Å². The van der Waals surface area contributed by atoms with Crippen LogP contribution in [0.3, 0.4) is 0 Å². The molecule has 8 nitrogen and oxygen atoms in total. The summed E-state index contributed by atoms with van der Waals surface area (Å²) < 4.78 is 0. The Kier molecular flexibility index (Phi) is 8.25. The van der Waals surface area contributed by atoms with Crippen molar-refractivity contribution >= 4 is 58.1 Å². The molecule has 166 valence electrons. The van der Waals surface area contributed by atoms with E-state index in [4.69, 9.17) is 23.2 Å². The normalized spacial score (nSPS) is 18.3. The maximum atomic E-state index is 12.8. The number of pyridine rings is 1. The average molecular weight is 484 g/mol. The highest BCUT2D eigenvalue weighted by Crippen LogP contribution is 2.28. The highest BCUT2D eigenvalue weighted by Gasteiger charge is 2.30. The van der Waals surface area contributed by atoms with Crippen LogP contribution >= 0.6 is 34.5 Å². The zero-order valence-corrected chi connectivity index (χ0v) is 19.2. The number of anilines is 1. The van der Waals surface area contributed by atoms with Crippen molar-refractivity contribution in [3.05, 3.63) is 44.2 Å². The lowest BCUT2D eigenvalue weighted by Crippen LogP contribution is -2.54. The Bertz CT molecular complexity index is 951. The van der Waals surface area contributed by atoms with Gasteiger partial charge in [-0.05, 0) is 43.0 Å². The van der Waals surface area contributed by atoms with Crippen molar-refractivity contribution < 1.29 is 14.4 Å². The lowest BCUT2D eigenvalue weighted by Gasteiger charge is -2.32. The molecule has 0 aliphatic heterocycles. The van der Waals surface area contributed by atoms with Crippen LogP contribution in [-0.4, -0.2) is 41.8 Å². The number of nitrogens with zero attached hydrogens (tertiary/aromatic N) is 1. The largest absolute Gasteiger partial charge is 0.346 e. The van der Waals surface area contributed by atoms with Gasteiger partial charge in [-0.25, -0.2) is 4.98 Å². The molecule has 3 amide bonds. The molecule has 1 saturated carbocycles. The van der Waals surface area contributed by atoms with Gasteiger partial charge in [-0.1, -0.05) is 36.0 Å². The van der Waals surface area contributed by atoms with Crippen molar-refractivity contribution in [3.8, 4) is 0 Å². The quantitative estimate of drug-likeness (QED) is 0.471. The average Bonchev–Trinajstić information content (AvgIpc) is 3.11. The third kappa shape index (κ3) is 6.16. The molecule has 0 bridgehead atoms. The van der Waals surface area contributed by atoms with Crippen LogP contribution in [0, 0.1) is 0 Å². The first-order valence-corrected chi connectivity index (χ1v) is 11.5. The number of halogens is 2. The Labute approximate surface area is 194 Å². The van der Waals surface area contributed by atoms with Crippen LogP contribution < -0.4 is 21.3 Å². The van der Waals surface area contributed by atoms with Gasteiger partial charge >= 0.3 is 11.8 Å². The number of hydrogen-bond donors (Lipinski definition) is 4. The van der Waals surface area contributed by atoms with Crippen LogP contribution in [0.5, 0.6) is 0 Å². The number of carbonyl (C=O) groups excluding carboxylic acids is 3. The molecule has 3 rings (SSSR count). The van der Waals surface area contributed by atoms with Gasteiger partial charge in [-0.3, -0.25) is 14.4 Å². The second-order valence-electron chi connectivity index (χ2n) is 7.19. The first-order valence-electron chi connectivity index (χ1n) is 9.83. The summed E-state index contributed by atoms with van der Waals surface area (Å²) in [5.41, 5.74) is 0.861. The molecule has 2 aromatic heterocycles. The topological polar surface area (TPSA) is 112 Å². The molecule has 2 heterocycles. The second kappa shape index (κ2) is 10.9. The monoisotopic (exact) mass is 483 g/mol. The summed E-state index contributed by atoms with van der Waals surface area (Å²) in [5.74, 6) is -1.67. The Morgan fingerprint density at radius 1 is 1.10 bits per heavy atom. The Balaban J connectivity index is 1.60. The van der Waals surface area contributed by atoms with E-state index in [1.807, 2.05) is 12.4 Å². The zero-order valence-electron chi connectivity index (χ0n) is 16.8. The standard InChI is InChI=1S/C20H23Cl2N5O3S/c1-23-8-11-10-31-17(16(11)22)18(28)25-13-4-2-3-5-14(13)26-19(29)20(30)27-15-7-6-12(21)9-24-15/h6-7,9-10,13-14,23H,2-5,8H2,1H3,(H,25,28)(H,26,29)(H,24,27,30)/t13-,14+/m1/s1. The van der Waals surface area contributed by atoms with E-state index in [0.717, 1.165) is 18.4 Å². The number of hydrogen-bond acceptors (Lipinski definition) is 6. The van der Waals surface area contributed by atoms with Crippen molar-refractivity contribution in [2.75, 3.05) is 12.4 Å². The predicted molar refractivity (Wildman–Crippen MR) is 122 cm³/mol. The number of thiophene rings is 1. The number of nitrogens with one attached hydrogen (secondary N) is 4. The van der Waals surface area contributed by atoms with Gasteiger partial charge in [0.25, 0.3) is 5.91 Å². The lowest BCUT2D eigenvalue weighted by molar-refractivity contribution is -0.136. The van der Waals surface area contributed by atoms with E-state index in [-0.39, 0.29) is 23.8 Å². The maximum Gasteiger partial charge on any atom is 0.314 e. The number of aromatic nitrogens is 1. The molecule has 2 atom stereocenters. The minimum absolute atomic E-state index is 0.225. The molecule has 0 saturated heterocycles. The summed E-state index contributed by atoms with van der Waals surface area (Å²) in [6.07, 6.45) is 4.54. The minimum atomic E-state index is -0.830. The minimum Gasteiger partial charge on any atom is -0.346 e. The van der Waals surface area contributed by atoms with Crippen molar-refractivity contribution in [3.63, 3.8) is 0 Å². The first-order chi connectivity index (χ1) is 14.9. The third-order valence-corrected chi connectivity index (χ3v) is 6.74. The molecule has 2 aromatic rings. The van der Waals surface area contributed by atoms with Crippen LogP contribution in [0.2, 0.25) is 10.0 Å². The Morgan fingerprint density at radius 2 is 1.81 bits per heavy atom. The molecule has 1 aliphatic carbocycles. The maximum absolute atomic E-state index is 12.8. The highest BCUT2D eigenvalue weighted by atomic mass is 35.5. The molecular weight excluding hydrogens is 461 g/mol. The van der Waals surface area contributed by atoms with Gasteiger partial charge in [0, 0.05) is 24.8 Å². The van der Waals surface area contributed by atoms with E-state index >= 15 is 0 Å². The fourth-order valence-electron chi connectivity index (χ4n) is 3.41. The molecule has 11 heteroatoms. The van der Waals surface area contributed by atoms with Crippen LogP contribution in [0.25, 0.3) is 0 Å². The molecule has 0 unspecified atom stereocenters. The van der Waals surface area contributed by atoms with Gasteiger partial charge in [-0.15, -0.1) is 11.3 Å². The van der Waals surface area contributed by atoms with Crippen LogP contribution in [0.1, 0.15) is 40.9 Å². The summed E-state index contributed by atoms with van der Waals surface area (Å²) in [4.78, 5) is 41.8. The fraction of sp³-hybridized carbons (Fsp3) is 0.400. The van der Waals surface area contributed by atoms with Gasteiger partial charge in [0.2, 0.25) is 0 Å². The zero-order chi connectivity index (χ0) is 22.4. The van der Waals surface area contributed by atoms with E-state index in [9.17, 15) is 14.4 Å². The van der Waals surface area contributed by atoms with Gasteiger partial charge in [0.15, 0.2) is 0 Å². The lowest BCUT2D eigenvalue weighted by atomic mass is 9.90. The predicted octanol–water partition coefficient (Wildman–Crippen LogP) is 2.97. The summed E-state index contributed by atoms with van der Waals surface area (Å²) in [5, 5.41) is 13.9. The molecule has 1 aliphatic rings. The molecule has 4 N–H and O–H groups in total. The third-order valence-electron chi connectivity index (χ3n) is 4.95. The van der Waals surface area contributed by atoms with Gasteiger partial charge in [-0.2, -0.15) is 0 Å². The van der Waals surface area contributed by atoms with Gasteiger partial charge in [0.05, 0.1) is 10.0 Å². The fourth-order valence-corrected chi connectivity index (χ4v) is 4.79.